The van der Waals surface area contributed by atoms with Gasteiger partial charge in [-0.2, -0.15) is 15.0 Å². The zero-order valence-electron chi connectivity index (χ0n) is 13.1. The van der Waals surface area contributed by atoms with Gasteiger partial charge in [-0.25, -0.2) is 0 Å². The van der Waals surface area contributed by atoms with E-state index in [-0.39, 0.29) is 18.6 Å². The Hall–Kier alpha value is -1.63. The van der Waals surface area contributed by atoms with Crippen LogP contribution in [0.4, 0.5) is 17.8 Å². The molecule has 0 saturated carbocycles. The van der Waals surface area contributed by atoms with Gasteiger partial charge < -0.3 is 20.6 Å². The Morgan fingerprint density at radius 2 is 1.81 bits per heavy atom. The van der Waals surface area contributed by atoms with E-state index in [4.69, 9.17) is 0 Å². The number of hydrogen-bond donors (Lipinski definition) is 3. The second-order valence-corrected chi connectivity index (χ2v) is 5.60. The zero-order chi connectivity index (χ0) is 15.2. The van der Waals surface area contributed by atoms with E-state index in [1.54, 1.807) is 0 Å². The molecular formula is C14H26N6O. The van der Waals surface area contributed by atoms with Crippen LogP contribution in [-0.4, -0.2) is 52.3 Å². The molecule has 1 saturated heterocycles. The summed E-state index contributed by atoms with van der Waals surface area (Å²) in [5.74, 6) is 2.03. The molecule has 0 spiro atoms. The van der Waals surface area contributed by atoms with Crippen molar-refractivity contribution in [2.75, 3.05) is 41.8 Å². The van der Waals surface area contributed by atoms with Gasteiger partial charge in [-0.15, -0.1) is 0 Å². The van der Waals surface area contributed by atoms with Gasteiger partial charge >= 0.3 is 0 Å². The summed E-state index contributed by atoms with van der Waals surface area (Å²) in [5, 5.41) is 15.7. The Morgan fingerprint density at radius 1 is 1.14 bits per heavy atom. The van der Waals surface area contributed by atoms with Crippen LogP contribution in [0.5, 0.6) is 0 Å². The van der Waals surface area contributed by atoms with Gasteiger partial charge in [0.15, 0.2) is 0 Å². The molecule has 0 aromatic carbocycles. The van der Waals surface area contributed by atoms with Gasteiger partial charge in [0.2, 0.25) is 17.8 Å². The Morgan fingerprint density at radius 3 is 2.43 bits per heavy atom. The third-order valence-electron chi connectivity index (χ3n) is 3.85. The maximum absolute atomic E-state index is 9.24. The molecule has 1 aromatic heterocycles. The topological polar surface area (TPSA) is 86.2 Å². The Labute approximate surface area is 126 Å². The van der Waals surface area contributed by atoms with Crippen LogP contribution in [-0.2, 0) is 0 Å². The average Bonchev–Trinajstić information content (AvgIpc) is 3.00. The molecule has 0 radical (unpaired) electrons. The van der Waals surface area contributed by atoms with Gasteiger partial charge in [0.05, 0.1) is 0 Å². The Balaban J connectivity index is 2.18. The monoisotopic (exact) mass is 294 g/mol. The number of aromatic nitrogens is 3. The lowest BCUT2D eigenvalue weighted by atomic mass is 10.1. The van der Waals surface area contributed by atoms with Crippen molar-refractivity contribution in [3.8, 4) is 0 Å². The number of nitrogens with zero attached hydrogens (tertiary/aromatic N) is 4. The smallest absolute Gasteiger partial charge is 0.231 e. The summed E-state index contributed by atoms with van der Waals surface area (Å²) >= 11 is 0. The van der Waals surface area contributed by atoms with Crippen molar-refractivity contribution >= 4 is 17.8 Å². The van der Waals surface area contributed by atoms with E-state index in [1.165, 1.54) is 12.8 Å². The highest BCUT2D eigenvalue weighted by atomic mass is 16.3. The van der Waals surface area contributed by atoms with Crippen LogP contribution in [0.25, 0.3) is 0 Å². The fourth-order valence-corrected chi connectivity index (χ4v) is 2.23. The first-order valence-electron chi connectivity index (χ1n) is 7.76. The van der Waals surface area contributed by atoms with Crippen LogP contribution in [0.1, 0.15) is 33.6 Å². The van der Waals surface area contributed by atoms with Crippen LogP contribution in [0, 0.1) is 5.92 Å². The second-order valence-electron chi connectivity index (χ2n) is 5.60. The largest absolute Gasteiger partial charge is 0.396 e. The van der Waals surface area contributed by atoms with Gasteiger partial charge in [0, 0.05) is 32.3 Å². The number of hydrogen-bond acceptors (Lipinski definition) is 7. The predicted octanol–water partition coefficient (Wildman–Crippen LogP) is 1.33. The van der Waals surface area contributed by atoms with Crippen LogP contribution < -0.4 is 15.5 Å². The molecule has 1 aliphatic heterocycles. The fraction of sp³-hybridized carbons (Fsp3) is 0.786. The fourth-order valence-electron chi connectivity index (χ4n) is 2.23. The van der Waals surface area contributed by atoms with Crippen LogP contribution in [0.3, 0.4) is 0 Å². The standard InChI is InChI=1S/C14H26N6O/c1-4-15-12-17-13(16-11(3)10(2)9-21)19-14(18-12)20-7-5-6-8-20/h10-11,21H,4-9H2,1-3H3,(H2,15,16,17,18,19). The molecular weight excluding hydrogens is 268 g/mol. The molecule has 2 heterocycles. The summed E-state index contributed by atoms with van der Waals surface area (Å²) in [6, 6.07) is 0.0957. The zero-order valence-corrected chi connectivity index (χ0v) is 13.1. The highest BCUT2D eigenvalue weighted by molar-refractivity contribution is 5.44. The molecule has 0 aliphatic carbocycles. The van der Waals surface area contributed by atoms with E-state index in [2.05, 4.69) is 30.5 Å². The highest BCUT2D eigenvalue weighted by Crippen LogP contribution is 2.19. The maximum Gasteiger partial charge on any atom is 0.231 e. The summed E-state index contributed by atoms with van der Waals surface area (Å²) < 4.78 is 0. The molecule has 2 unspecified atom stereocenters. The number of aliphatic hydroxyl groups excluding tert-OH is 1. The molecule has 118 valence electrons. The number of nitrogens with one attached hydrogen (secondary N) is 2. The third-order valence-corrected chi connectivity index (χ3v) is 3.85. The molecule has 7 nitrogen and oxygen atoms in total. The minimum atomic E-state index is 0.0957. The van der Waals surface area contributed by atoms with E-state index in [1.807, 2.05) is 20.8 Å². The van der Waals surface area contributed by atoms with Crippen molar-refractivity contribution in [3.63, 3.8) is 0 Å². The van der Waals surface area contributed by atoms with E-state index >= 15 is 0 Å². The first-order chi connectivity index (χ1) is 10.1. The number of rotatable bonds is 7. The summed E-state index contributed by atoms with van der Waals surface area (Å²) in [6.07, 6.45) is 2.37. The van der Waals surface area contributed by atoms with Crippen LogP contribution >= 0.6 is 0 Å². The van der Waals surface area contributed by atoms with Crippen molar-refractivity contribution in [2.45, 2.75) is 39.7 Å². The van der Waals surface area contributed by atoms with E-state index in [9.17, 15) is 5.11 Å². The van der Waals surface area contributed by atoms with Crippen LogP contribution in [0.2, 0.25) is 0 Å². The minimum absolute atomic E-state index is 0.0957. The highest BCUT2D eigenvalue weighted by Gasteiger charge is 2.19. The van der Waals surface area contributed by atoms with Gasteiger partial charge in [-0.05, 0) is 32.6 Å². The SMILES string of the molecule is CCNc1nc(NC(C)C(C)CO)nc(N2CCCC2)n1. The molecule has 1 aliphatic rings. The molecule has 7 heteroatoms. The number of aliphatic hydroxyl groups is 1. The molecule has 0 amide bonds. The first-order valence-corrected chi connectivity index (χ1v) is 7.76. The van der Waals surface area contributed by atoms with Crippen molar-refractivity contribution in [1.82, 2.24) is 15.0 Å². The van der Waals surface area contributed by atoms with Crippen molar-refractivity contribution in [2.24, 2.45) is 5.92 Å². The summed E-state index contributed by atoms with van der Waals surface area (Å²) in [4.78, 5) is 15.6. The molecule has 1 fully saturated rings. The van der Waals surface area contributed by atoms with Crippen molar-refractivity contribution in [3.05, 3.63) is 0 Å². The van der Waals surface area contributed by atoms with E-state index in [0.717, 1.165) is 25.6 Å². The van der Waals surface area contributed by atoms with E-state index < -0.39 is 0 Å². The summed E-state index contributed by atoms with van der Waals surface area (Å²) in [6.45, 7) is 8.93. The maximum atomic E-state index is 9.24. The molecule has 1 aromatic rings. The lowest BCUT2D eigenvalue weighted by molar-refractivity contribution is 0.226. The third kappa shape index (κ3) is 4.17. The molecule has 2 rings (SSSR count). The van der Waals surface area contributed by atoms with Gasteiger partial charge in [-0.3, -0.25) is 0 Å². The Kier molecular flexibility index (Phi) is 5.55. The van der Waals surface area contributed by atoms with Crippen molar-refractivity contribution in [1.29, 1.82) is 0 Å². The Bertz CT molecular complexity index is 449. The minimum Gasteiger partial charge on any atom is -0.396 e. The van der Waals surface area contributed by atoms with Crippen LogP contribution in [0.15, 0.2) is 0 Å². The van der Waals surface area contributed by atoms with Crippen molar-refractivity contribution < 1.29 is 5.11 Å². The van der Waals surface area contributed by atoms with Gasteiger partial charge in [-0.1, -0.05) is 6.92 Å². The lowest BCUT2D eigenvalue weighted by Gasteiger charge is -2.21. The van der Waals surface area contributed by atoms with Gasteiger partial charge in [0.1, 0.15) is 0 Å². The first kappa shape index (κ1) is 15.8. The normalized spacial score (nSPS) is 17.6. The predicted molar refractivity (Wildman–Crippen MR) is 84.8 cm³/mol. The summed E-state index contributed by atoms with van der Waals surface area (Å²) in [7, 11) is 0. The molecule has 0 bridgehead atoms. The molecule has 21 heavy (non-hydrogen) atoms. The average molecular weight is 294 g/mol. The quantitative estimate of drug-likeness (QED) is 0.699. The second kappa shape index (κ2) is 7.40. The van der Waals surface area contributed by atoms with E-state index in [0.29, 0.717) is 11.9 Å². The molecule has 2 atom stereocenters. The van der Waals surface area contributed by atoms with Gasteiger partial charge in [0.25, 0.3) is 0 Å². The summed E-state index contributed by atoms with van der Waals surface area (Å²) in [5.41, 5.74) is 0. The number of anilines is 3. The molecule has 3 N–H and O–H groups in total. The lowest BCUT2D eigenvalue weighted by Crippen LogP contribution is -2.28.